The number of hydrogen-bond donors (Lipinski definition) is 0. The molecular formula is C17H32O4. The lowest BCUT2D eigenvalue weighted by Crippen LogP contribution is -2.32. The molecule has 0 saturated heterocycles. The number of rotatable bonds is 10. The summed E-state index contributed by atoms with van der Waals surface area (Å²) in [7, 11) is 0. The van der Waals surface area contributed by atoms with Crippen molar-refractivity contribution in [3.05, 3.63) is 0 Å². The van der Waals surface area contributed by atoms with Gasteiger partial charge in [0, 0.05) is 0 Å². The fourth-order valence-electron chi connectivity index (χ4n) is 2.11. The molecule has 0 spiro atoms. The summed E-state index contributed by atoms with van der Waals surface area (Å²) in [4.78, 5) is 23.6. The van der Waals surface area contributed by atoms with Crippen molar-refractivity contribution >= 4 is 11.9 Å². The standard InChI is InChI=1S/C17H32O4/c1-7-9-11-16(3,4)20-14(18)13-15(19)21-17(5,6)12-10-8-2/h7-13H2,1-6H3. The van der Waals surface area contributed by atoms with E-state index >= 15 is 0 Å². The molecule has 0 rings (SSSR count). The second-order valence-corrected chi connectivity index (χ2v) is 6.85. The lowest BCUT2D eigenvalue weighted by molar-refractivity contribution is -0.168. The molecule has 0 aromatic rings. The number of esters is 2. The van der Waals surface area contributed by atoms with Crippen LogP contribution < -0.4 is 0 Å². The van der Waals surface area contributed by atoms with E-state index in [1.54, 1.807) is 0 Å². The first kappa shape index (κ1) is 19.9. The minimum Gasteiger partial charge on any atom is -0.459 e. The smallest absolute Gasteiger partial charge is 0.317 e. The fraction of sp³-hybridized carbons (Fsp3) is 0.882. The van der Waals surface area contributed by atoms with Crippen LogP contribution in [0, 0.1) is 0 Å². The third-order valence-electron chi connectivity index (χ3n) is 3.33. The van der Waals surface area contributed by atoms with Crippen molar-refractivity contribution in [3.8, 4) is 0 Å². The summed E-state index contributed by atoms with van der Waals surface area (Å²) >= 11 is 0. The molecule has 0 aliphatic rings. The van der Waals surface area contributed by atoms with Gasteiger partial charge in [-0.25, -0.2) is 0 Å². The summed E-state index contributed by atoms with van der Waals surface area (Å²) in [5, 5.41) is 0. The van der Waals surface area contributed by atoms with Gasteiger partial charge < -0.3 is 9.47 Å². The second-order valence-electron chi connectivity index (χ2n) is 6.85. The van der Waals surface area contributed by atoms with Crippen molar-refractivity contribution in [2.24, 2.45) is 0 Å². The quantitative estimate of drug-likeness (QED) is 0.443. The molecule has 0 fully saturated rings. The fourth-order valence-corrected chi connectivity index (χ4v) is 2.11. The monoisotopic (exact) mass is 300 g/mol. The van der Waals surface area contributed by atoms with Crippen LogP contribution in [0.5, 0.6) is 0 Å². The maximum absolute atomic E-state index is 11.8. The van der Waals surface area contributed by atoms with Gasteiger partial charge in [-0.1, -0.05) is 26.7 Å². The van der Waals surface area contributed by atoms with Crippen LogP contribution in [0.25, 0.3) is 0 Å². The van der Waals surface area contributed by atoms with E-state index in [2.05, 4.69) is 13.8 Å². The van der Waals surface area contributed by atoms with Crippen molar-refractivity contribution in [1.29, 1.82) is 0 Å². The van der Waals surface area contributed by atoms with Crippen molar-refractivity contribution in [2.45, 2.75) is 97.7 Å². The number of carbonyl (C=O) groups is 2. The van der Waals surface area contributed by atoms with Crippen LogP contribution in [0.1, 0.15) is 86.5 Å². The maximum atomic E-state index is 11.8. The molecule has 0 bridgehead atoms. The number of unbranched alkanes of at least 4 members (excludes halogenated alkanes) is 2. The number of hydrogen-bond acceptors (Lipinski definition) is 4. The molecule has 21 heavy (non-hydrogen) atoms. The van der Waals surface area contributed by atoms with Crippen molar-refractivity contribution < 1.29 is 19.1 Å². The van der Waals surface area contributed by atoms with E-state index in [1.165, 1.54) is 0 Å². The van der Waals surface area contributed by atoms with Gasteiger partial charge in [-0.15, -0.1) is 0 Å². The van der Waals surface area contributed by atoms with Gasteiger partial charge in [-0.2, -0.15) is 0 Å². The Labute approximate surface area is 129 Å². The third kappa shape index (κ3) is 10.3. The molecule has 0 heterocycles. The van der Waals surface area contributed by atoms with Crippen LogP contribution in [0.3, 0.4) is 0 Å². The molecule has 4 heteroatoms. The van der Waals surface area contributed by atoms with Gasteiger partial charge in [0.15, 0.2) is 0 Å². The van der Waals surface area contributed by atoms with Crippen molar-refractivity contribution in [1.82, 2.24) is 0 Å². The Bertz CT molecular complexity index is 300. The Kier molecular flexibility index (Phi) is 8.60. The molecule has 124 valence electrons. The van der Waals surface area contributed by atoms with Crippen LogP contribution >= 0.6 is 0 Å². The highest BCUT2D eigenvalue weighted by molar-refractivity contribution is 5.91. The largest absolute Gasteiger partial charge is 0.459 e. The zero-order valence-corrected chi connectivity index (χ0v) is 14.6. The van der Waals surface area contributed by atoms with E-state index < -0.39 is 23.1 Å². The average molecular weight is 300 g/mol. The van der Waals surface area contributed by atoms with Gasteiger partial charge in [-0.05, 0) is 53.4 Å². The van der Waals surface area contributed by atoms with Gasteiger partial charge in [0.2, 0.25) is 0 Å². The third-order valence-corrected chi connectivity index (χ3v) is 3.33. The summed E-state index contributed by atoms with van der Waals surface area (Å²) in [5.41, 5.74) is -1.05. The minimum absolute atomic E-state index is 0.314. The van der Waals surface area contributed by atoms with Crippen LogP contribution in [0.2, 0.25) is 0 Å². The zero-order valence-electron chi connectivity index (χ0n) is 14.6. The van der Waals surface area contributed by atoms with E-state index in [-0.39, 0.29) is 6.42 Å². The Morgan fingerprint density at radius 3 is 1.38 bits per heavy atom. The van der Waals surface area contributed by atoms with Gasteiger partial charge in [0.1, 0.15) is 17.6 Å². The lowest BCUT2D eigenvalue weighted by Gasteiger charge is -2.27. The number of ether oxygens (including phenoxy) is 2. The Hall–Kier alpha value is -1.06. The number of carbonyl (C=O) groups excluding carboxylic acids is 2. The predicted octanol–water partition coefficient (Wildman–Crippen LogP) is 4.40. The van der Waals surface area contributed by atoms with Gasteiger partial charge in [-0.3, -0.25) is 9.59 Å². The molecule has 0 amide bonds. The summed E-state index contributed by atoms with van der Waals surface area (Å²) in [6.45, 7) is 11.7. The summed E-state index contributed by atoms with van der Waals surface area (Å²) in [6, 6.07) is 0. The normalized spacial score (nSPS) is 12.1. The van der Waals surface area contributed by atoms with Crippen molar-refractivity contribution in [3.63, 3.8) is 0 Å². The SMILES string of the molecule is CCCCC(C)(C)OC(=O)CC(=O)OC(C)(C)CCCC. The molecule has 0 radical (unpaired) electrons. The first-order valence-electron chi connectivity index (χ1n) is 8.05. The van der Waals surface area contributed by atoms with Crippen LogP contribution in [0.4, 0.5) is 0 Å². The Morgan fingerprint density at radius 1 is 0.762 bits per heavy atom. The van der Waals surface area contributed by atoms with Gasteiger partial charge in [0.25, 0.3) is 0 Å². The van der Waals surface area contributed by atoms with Gasteiger partial charge in [0.05, 0.1) is 0 Å². The topological polar surface area (TPSA) is 52.6 Å². The molecule has 0 saturated carbocycles. The summed E-state index contributed by atoms with van der Waals surface area (Å²) in [5.74, 6) is -1.01. The maximum Gasteiger partial charge on any atom is 0.317 e. The van der Waals surface area contributed by atoms with E-state index in [4.69, 9.17) is 9.47 Å². The molecule has 0 N–H and O–H groups in total. The highest BCUT2D eigenvalue weighted by Crippen LogP contribution is 2.21. The van der Waals surface area contributed by atoms with Gasteiger partial charge >= 0.3 is 11.9 Å². The molecule has 0 aliphatic carbocycles. The van der Waals surface area contributed by atoms with Crippen LogP contribution in [0.15, 0.2) is 0 Å². The first-order chi connectivity index (χ1) is 9.62. The summed E-state index contributed by atoms with van der Waals surface area (Å²) in [6.07, 6.45) is 5.37. The molecule has 0 unspecified atom stereocenters. The zero-order chi connectivity index (χ0) is 16.5. The molecular weight excluding hydrogens is 268 g/mol. The highest BCUT2D eigenvalue weighted by Gasteiger charge is 2.27. The second kappa shape index (κ2) is 9.06. The highest BCUT2D eigenvalue weighted by atomic mass is 16.6. The predicted molar refractivity (Wildman–Crippen MR) is 84.0 cm³/mol. The minimum atomic E-state index is -0.523. The van der Waals surface area contributed by atoms with Crippen LogP contribution in [-0.2, 0) is 19.1 Å². The average Bonchev–Trinajstić information content (AvgIpc) is 2.32. The summed E-state index contributed by atoms with van der Waals surface area (Å²) < 4.78 is 10.7. The van der Waals surface area contributed by atoms with E-state index in [0.717, 1.165) is 38.5 Å². The van der Waals surface area contributed by atoms with E-state index in [1.807, 2.05) is 27.7 Å². The lowest BCUT2D eigenvalue weighted by atomic mass is 10.0. The van der Waals surface area contributed by atoms with Crippen molar-refractivity contribution in [2.75, 3.05) is 0 Å². The Morgan fingerprint density at radius 2 is 1.10 bits per heavy atom. The molecule has 4 nitrogen and oxygen atoms in total. The molecule has 0 atom stereocenters. The molecule has 0 aromatic heterocycles. The Balaban J connectivity index is 4.23. The van der Waals surface area contributed by atoms with Crippen LogP contribution in [-0.4, -0.2) is 23.1 Å². The first-order valence-corrected chi connectivity index (χ1v) is 8.05. The van der Waals surface area contributed by atoms with E-state index in [9.17, 15) is 9.59 Å². The van der Waals surface area contributed by atoms with E-state index in [0.29, 0.717) is 0 Å². The molecule has 0 aromatic carbocycles. The molecule has 0 aliphatic heterocycles.